The molecule has 23 heavy (non-hydrogen) atoms. The van der Waals surface area contributed by atoms with E-state index >= 15 is 0 Å². The minimum absolute atomic E-state index is 0.00675. The Kier molecular flexibility index (Phi) is 4.50. The zero-order chi connectivity index (χ0) is 16.4. The molecule has 4 nitrogen and oxygen atoms in total. The fraction of sp³-hybridized carbons (Fsp3) is 0.353. The molecule has 1 fully saturated rings. The minimum atomic E-state index is -0.00675. The van der Waals surface area contributed by atoms with Gasteiger partial charge in [0, 0.05) is 34.5 Å². The molecule has 0 amide bonds. The molecule has 2 aromatic rings. The van der Waals surface area contributed by atoms with Gasteiger partial charge in [-0.05, 0) is 24.0 Å². The molecule has 1 heterocycles. The minimum Gasteiger partial charge on any atom is -0.299 e. The number of carbonyl (C=O) groups is 1. The lowest BCUT2D eigenvalue weighted by atomic mass is 9.76. The molecule has 3 rings (SSSR count). The van der Waals surface area contributed by atoms with Crippen molar-refractivity contribution in [3.8, 4) is 11.3 Å². The van der Waals surface area contributed by atoms with E-state index in [0.717, 1.165) is 28.5 Å². The van der Waals surface area contributed by atoms with Gasteiger partial charge in [0.1, 0.15) is 5.78 Å². The summed E-state index contributed by atoms with van der Waals surface area (Å²) in [6, 6.07) is 7.57. The van der Waals surface area contributed by atoms with Gasteiger partial charge >= 0.3 is 0 Å². The predicted octanol–water partition coefficient (Wildman–Crippen LogP) is 5.01. The van der Waals surface area contributed by atoms with Crippen LogP contribution in [0.25, 0.3) is 11.3 Å². The molecule has 0 bridgehead atoms. The van der Waals surface area contributed by atoms with Gasteiger partial charge < -0.3 is 0 Å². The first kappa shape index (κ1) is 16.1. The van der Waals surface area contributed by atoms with Crippen molar-refractivity contribution < 1.29 is 4.79 Å². The molecule has 1 N–H and O–H groups in total. The van der Waals surface area contributed by atoms with E-state index in [2.05, 4.69) is 29.4 Å². The van der Waals surface area contributed by atoms with Gasteiger partial charge in [-0.3, -0.25) is 10.2 Å². The van der Waals surface area contributed by atoms with Gasteiger partial charge in [-0.2, -0.15) is 5.10 Å². The van der Waals surface area contributed by atoms with Crippen molar-refractivity contribution in [3.05, 3.63) is 34.7 Å². The maximum atomic E-state index is 11.8. The van der Waals surface area contributed by atoms with Crippen LogP contribution in [0.3, 0.4) is 0 Å². The molecule has 0 spiro atoms. The van der Waals surface area contributed by atoms with Gasteiger partial charge in [0.15, 0.2) is 0 Å². The summed E-state index contributed by atoms with van der Waals surface area (Å²) < 4.78 is 0. The molecule has 0 radical (unpaired) electrons. The number of hydrazone groups is 1. The third-order valence-electron chi connectivity index (χ3n) is 3.71. The van der Waals surface area contributed by atoms with Crippen LogP contribution in [0.15, 0.2) is 34.7 Å². The second kappa shape index (κ2) is 6.42. The van der Waals surface area contributed by atoms with E-state index in [1.165, 1.54) is 11.3 Å². The highest BCUT2D eigenvalue weighted by atomic mass is 35.5. The fourth-order valence-electron chi connectivity index (χ4n) is 2.79. The number of thiazole rings is 1. The van der Waals surface area contributed by atoms with E-state index < -0.39 is 0 Å². The van der Waals surface area contributed by atoms with Crippen molar-refractivity contribution >= 4 is 39.6 Å². The smallest absolute Gasteiger partial charge is 0.203 e. The summed E-state index contributed by atoms with van der Waals surface area (Å²) in [7, 11) is 0. The van der Waals surface area contributed by atoms with Crippen molar-refractivity contribution in [1.82, 2.24) is 4.98 Å². The van der Waals surface area contributed by atoms with Crippen LogP contribution in [0.1, 0.15) is 33.1 Å². The molecule has 0 saturated heterocycles. The van der Waals surface area contributed by atoms with Gasteiger partial charge in [-0.15, -0.1) is 11.3 Å². The Bertz CT molecular complexity index is 749. The third kappa shape index (κ3) is 4.18. The maximum absolute atomic E-state index is 11.8. The number of benzene rings is 1. The first-order valence-electron chi connectivity index (χ1n) is 7.46. The number of halogens is 1. The van der Waals surface area contributed by atoms with Crippen molar-refractivity contribution in [3.63, 3.8) is 0 Å². The molecule has 1 aliphatic rings. The molecule has 1 saturated carbocycles. The number of anilines is 1. The zero-order valence-electron chi connectivity index (χ0n) is 13.1. The lowest BCUT2D eigenvalue weighted by Crippen LogP contribution is -2.29. The topological polar surface area (TPSA) is 54.4 Å². The molecule has 1 aliphatic carbocycles. The second-order valence-electron chi connectivity index (χ2n) is 6.57. The molecule has 0 aliphatic heterocycles. The van der Waals surface area contributed by atoms with E-state index in [-0.39, 0.29) is 11.2 Å². The lowest BCUT2D eigenvalue weighted by Gasteiger charge is -2.28. The summed E-state index contributed by atoms with van der Waals surface area (Å²) in [5.74, 6) is 0.253. The van der Waals surface area contributed by atoms with Crippen molar-refractivity contribution in [2.24, 2.45) is 10.5 Å². The molecule has 6 heteroatoms. The van der Waals surface area contributed by atoms with Gasteiger partial charge in [-0.1, -0.05) is 37.6 Å². The van der Waals surface area contributed by atoms with Crippen LogP contribution in [0.4, 0.5) is 5.13 Å². The predicted molar refractivity (Wildman–Crippen MR) is 96.3 cm³/mol. The SMILES string of the molecule is CC1(C)CC(=O)CC(=NNc2nc(-c3ccc(Cl)cc3)cs2)C1. The average molecular weight is 348 g/mol. The van der Waals surface area contributed by atoms with Crippen LogP contribution in [0.5, 0.6) is 0 Å². The Morgan fingerprint density at radius 3 is 2.70 bits per heavy atom. The number of carbonyl (C=O) groups excluding carboxylic acids is 1. The first-order chi connectivity index (χ1) is 10.9. The highest BCUT2D eigenvalue weighted by Gasteiger charge is 2.30. The van der Waals surface area contributed by atoms with Gasteiger partial charge in [0.05, 0.1) is 5.69 Å². The number of aromatic nitrogens is 1. The van der Waals surface area contributed by atoms with Gasteiger partial charge in [0.25, 0.3) is 0 Å². The number of Topliss-reactive ketones (excluding diaryl/α,β-unsaturated/α-hetero) is 1. The summed E-state index contributed by atoms with van der Waals surface area (Å²) in [5, 5.41) is 7.79. The Morgan fingerprint density at radius 1 is 1.26 bits per heavy atom. The molecule has 0 atom stereocenters. The first-order valence-corrected chi connectivity index (χ1v) is 8.72. The van der Waals surface area contributed by atoms with Crippen LogP contribution >= 0.6 is 22.9 Å². The van der Waals surface area contributed by atoms with E-state index in [1.807, 2.05) is 29.6 Å². The van der Waals surface area contributed by atoms with Gasteiger partial charge in [-0.25, -0.2) is 4.98 Å². The molecular formula is C17H18ClN3OS. The summed E-state index contributed by atoms with van der Waals surface area (Å²) in [6.45, 7) is 4.20. The Morgan fingerprint density at radius 2 is 2.00 bits per heavy atom. The van der Waals surface area contributed by atoms with Crippen molar-refractivity contribution in [1.29, 1.82) is 0 Å². The average Bonchev–Trinajstić information content (AvgIpc) is 2.93. The largest absolute Gasteiger partial charge is 0.299 e. The van der Waals surface area contributed by atoms with E-state index in [4.69, 9.17) is 11.6 Å². The number of ketones is 1. The lowest BCUT2D eigenvalue weighted by molar-refractivity contribution is -0.120. The summed E-state index contributed by atoms with van der Waals surface area (Å²) in [4.78, 5) is 16.3. The van der Waals surface area contributed by atoms with Crippen LogP contribution in [0, 0.1) is 5.41 Å². The van der Waals surface area contributed by atoms with Gasteiger partial charge in [0.2, 0.25) is 5.13 Å². The monoisotopic (exact) mass is 347 g/mol. The summed E-state index contributed by atoms with van der Waals surface area (Å²) in [5.41, 5.74) is 5.78. The van der Waals surface area contributed by atoms with Crippen molar-refractivity contribution in [2.45, 2.75) is 33.1 Å². The Labute approximate surface area is 144 Å². The van der Waals surface area contributed by atoms with E-state index in [0.29, 0.717) is 17.9 Å². The maximum Gasteiger partial charge on any atom is 0.203 e. The molecule has 1 aromatic carbocycles. The Balaban J connectivity index is 1.71. The zero-order valence-corrected chi connectivity index (χ0v) is 14.7. The number of hydrogen-bond donors (Lipinski definition) is 1. The van der Waals surface area contributed by atoms with Crippen molar-refractivity contribution in [2.75, 3.05) is 5.43 Å². The molecule has 120 valence electrons. The van der Waals surface area contributed by atoms with E-state index in [9.17, 15) is 4.79 Å². The molecule has 1 aromatic heterocycles. The normalized spacial score (nSPS) is 19.1. The van der Waals surface area contributed by atoms with Crippen LogP contribution in [0.2, 0.25) is 5.02 Å². The third-order valence-corrected chi connectivity index (χ3v) is 4.71. The highest BCUT2D eigenvalue weighted by molar-refractivity contribution is 7.14. The van der Waals surface area contributed by atoms with E-state index in [1.54, 1.807) is 0 Å². The van der Waals surface area contributed by atoms with Crippen LogP contribution in [-0.2, 0) is 4.79 Å². The highest BCUT2D eigenvalue weighted by Crippen LogP contribution is 2.32. The number of nitrogens with zero attached hydrogens (tertiary/aromatic N) is 2. The van der Waals surface area contributed by atoms with Crippen LogP contribution < -0.4 is 5.43 Å². The standard InChI is InChI=1S/C17H18ClN3OS/c1-17(2)8-13(7-14(22)9-17)20-21-16-19-15(10-23-16)11-3-5-12(18)6-4-11/h3-6,10H,7-9H2,1-2H3,(H,19,21). The molecule has 0 unspecified atom stereocenters. The summed E-state index contributed by atoms with van der Waals surface area (Å²) in [6.07, 6.45) is 1.90. The number of nitrogens with one attached hydrogen (secondary N) is 1. The molecular weight excluding hydrogens is 330 g/mol. The quantitative estimate of drug-likeness (QED) is 0.794. The summed E-state index contributed by atoms with van der Waals surface area (Å²) >= 11 is 7.39. The number of hydrogen-bond acceptors (Lipinski definition) is 5. The van der Waals surface area contributed by atoms with Crippen LogP contribution in [-0.4, -0.2) is 16.5 Å². The fourth-order valence-corrected chi connectivity index (χ4v) is 3.57. The number of rotatable bonds is 3. The second-order valence-corrected chi connectivity index (χ2v) is 7.86. The Hall–Kier alpha value is -1.72.